The van der Waals surface area contributed by atoms with E-state index in [9.17, 15) is 4.79 Å². The number of fused-ring (bicyclic) bond motifs is 1. The average Bonchev–Trinajstić information content (AvgIpc) is 3.14. The van der Waals surface area contributed by atoms with Crippen molar-refractivity contribution in [3.05, 3.63) is 22.2 Å². The molecule has 1 amide bonds. The van der Waals surface area contributed by atoms with Crippen LogP contribution in [0.3, 0.4) is 0 Å². The van der Waals surface area contributed by atoms with Crippen molar-refractivity contribution in [3.63, 3.8) is 0 Å². The van der Waals surface area contributed by atoms with Gasteiger partial charge in [-0.15, -0.1) is 5.10 Å². The highest BCUT2D eigenvalue weighted by Gasteiger charge is 2.23. The van der Waals surface area contributed by atoms with Crippen molar-refractivity contribution in [2.75, 3.05) is 13.6 Å². The summed E-state index contributed by atoms with van der Waals surface area (Å²) in [6, 6.07) is 2.36. The second kappa shape index (κ2) is 5.77. The summed E-state index contributed by atoms with van der Waals surface area (Å²) in [5.41, 5.74) is 1.92. The molecule has 0 aliphatic heterocycles. The predicted molar refractivity (Wildman–Crippen MR) is 85.1 cm³/mol. The molecule has 2 aromatic heterocycles. The van der Waals surface area contributed by atoms with Crippen LogP contribution in [0.15, 0.2) is 6.07 Å². The van der Waals surface area contributed by atoms with E-state index >= 15 is 0 Å². The first kappa shape index (κ1) is 15.1. The molecule has 118 valence electrons. The molecule has 22 heavy (non-hydrogen) atoms. The number of carbonyl (C=O) groups is 1. The van der Waals surface area contributed by atoms with Crippen molar-refractivity contribution < 1.29 is 4.79 Å². The van der Waals surface area contributed by atoms with Gasteiger partial charge in [0, 0.05) is 17.4 Å². The van der Waals surface area contributed by atoms with E-state index in [4.69, 9.17) is 12.2 Å². The Bertz CT molecular complexity index is 775. The first-order chi connectivity index (χ1) is 10.4. The van der Waals surface area contributed by atoms with Gasteiger partial charge in [0.25, 0.3) is 5.78 Å². The first-order valence-corrected chi connectivity index (χ1v) is 7.76. The summed E-state index contributed by atoms with van der Waals surface area (Å²) in [5, 5.41) is 7.42. The van der Waals surface area contributed by atoms with Gasteiger partial charge in [0.15, 0.2) is 0 Å². The number of hydrogen-bond acceptors (Lipinski definition) is 5. The Kier molecular flexibility index (Phi) is 3.96. The Morgan fingerprint density at radius 1 is 1.50 bits per heavy atom. The molecule has 0 unspecified atom stereocenters. The van der Waals surface area contributed by atoms with E-state index < -0.39 is 0 Å². The fourth-order valence-corrected chi connectivity index (χ4v) is 2.78. The van der Waals surface area contributed by atoms with E-state index in [0.717, 1.165) is 24.2 Å². The van der Waals surface area contributed by atoms with Crippen LogP contribution in [0, 0.1) is 18.6 Å². The SMILES string of the molecule is Cc1cc(C)n2c(=S)n(CN(C)CC(=O)NC3CC3)nc2n1. The average molecular weight is 320 g/mol. The molecule has 0 atom stereocenters. The van der Waals surface area contributed by atoms with Crippen LogP contribution in [0.5, 0.6) is 0 Å². The van der Waals surface area contributed by atoms with Crippen LogP contribution in [0.1, 0.15) is 24.2 Å². The fourth-order valence-electron chi connectivity index (χ4n) is 2.45. The minimum Gasteiger partial charge on any atom is -0.352 e. The zero-order valence-electron chi connectivity index (χ0n) is 13.0. The fraction of sp³-hybridized carbons (Fsp3) is 0.571. The van der Waals surface area contributed by atoms with Crippen molar-refractivity contribution in [2.45, 2.75) is 39.4 Å². The number of hydrogen-bond donors (Lipinski definition) is 1. The highest BCUT2D eigenvalue weighted by Crippen LogP contribution is 2.18. The molecule has 0 saturated heterocycles. The zero-order valence-corrected chi connectivity index (χ0v) is 13.9. The van der Waals surface area contributed by atoms with E-state index in [2.05, 4.69) is 15.4 Å². The number of rotatable bonds is 5. The lowest BCUT2D eigenvalue weighted by Crippen LogP contribution is -2.37. The van der Waals surface area contributed by atoms with Crippen LogP contribution >= 0.6 is 12.2 Å². The molecule has 2 heterocycles. The smallest absolute Gasteiger partial charge is 0.254 e. The van der Waals surface area contributed by atoms with E-state index in [0.29, 0.717) is 29.8 Å². The lowest BCUT2D eigenvalue weighted by Gasteiger charge is -2.15. The second-order valence-electron chi connectivity index (χ2n) is 5.95. The van der Waals surface area contributed by atoms with E-state index in [1.165, 1.54) is 0 Å². The van der Waals surface area contributed by atoms with Gasteiger partial charge in [-0.2, -0.15) is 0 Å². The van der Waals surface area contributed by atoms with Gasteiger partial charge in [-0.3, -0.25) is 14.1 Å². The van der Waals surface area contributed by atoms with Gasteiger partial charge < -0.3 is 5.32 Å². The number of aromatic nitrogens is 4. The Morgan fingerprint density at radius 2 is 2.23 bits per heavy atom. The molecule has 1 aliphatic carbocycles. The molecule has 0 radical (unpaired) electrons. The van der Waals surface area contributed by atoms with Crippen molar-refractivity contribution in [1.82, 2.24) is 29.4 Å². The van der Waals surface area contributed by atoms with Gasteiger partial charge in [-0.1, -0.05) is 0 Å². The third-order valence-electron chi connectivity index (χ3n) is 3.60. The van der Waals surface area contributed by atoms with Crippen molar-refractivity contribution in [1.29, 1.82) is 0 Å². The minimum atomic E-state index is 0.0467. The van der Waals surface area contributed by atoms with Gasteiger partial charge >= 0.3 is 0 Å². The Morgan fingerprint density at radius 3 is 2.91 bits per heavy atom. The molecular formula is C14H20N6OS. The highest BCUT2D eigenvalue weighted by molar-refractivity contribution is 7.71. The molecule has 0 spiro atoms. The quantitative estimate of drug-likeness (QED) is 0.834. The Labute approximate surface area is 133 Å². The number of aryl methyl sites for hydroxylation is 2. The van der Waals surface area contributed by atoms with E-state index in [1.807, 2.05) is 36.3 Å². The van der Waals surface area contributed by atoms with Crippen molar-refractivity contribution in [2.24, 2.45) is 0 Å². The zero-order chi connectivity index (χ0) is 15.9. The molecule has 7 nitrogen and oxygen atoms in total. The van der Waals surface area contributed by atoms with Crippen molar-refractivity contribution >= 4 is 23.9 Å². The maximum atomic E-state index is 11.8. The van der Waals surface area contributed by atoms with Gasteiger partial charge in [-0.05, 0) is 52.0 Å². The highest BCUT2D eigenvalue weighted by atomic mass is 32.1. The molecule has 3 rings (SSSR count). The molecule has 8 heteroatoms. The Hall–Kier alpha value is -1.80. The summed E-state index contributed by atoms with van der Waals surface area (Å²) in [6.45, 7) is 4.70. The number of nitrogens with zero attached hydrogens (tertiary/aromatic N) is 5. The molecule has 1 fully saturated rings. The summed E-state index contributed by atoms with van der Waals surface area (Å²) in [7, 11) is 1.88. The number of amides is 1. The molecule has 0 aromatic carbocycles. The molecule has 1 N–H and O–H groups in total. The molecular weight excluding hydrogens is 300 g/mol. The summed E-state index contributed by atoms with van der Waals surface area (Å²) >= 11 is 5.47. The predicted octanol–water partition coefficient (Wildman–Crippen LogP) is 1.05. The minimum absolute atomic E-state index is 0.0467. The van der Waals surface area contributed by atoms with Crippen molar-refractivity contribution in [3.8, 4) is 0 Å². The van der Waals surface area contributed by atoms with Gasteiger partial charge in [0.2, 0.25) is 10.7 Å². The number of carbonyl (C=O) groups excluding carboxylic acids is 1. The van der Waals surface area contributed by atoms with Gasteiger partial charge in [0.1, 0.15) is 0 Å². The summed E-state index contributed by atoms with van der Waals surface area (Å²) in [6.07, 6.45) is 2.19. The lowest BCUT2D eigenvalue weighted by atomic mass is 10.3. The monoisotopic (exact) mass is 320 g/mol. The summed E-state index contributed by atoms with van der Waals surface area (Å²) < 4.78 is 4.14. The third-order valence-corrected chi connectivity index (χ3v) is 3.99. The van der Waals surface area contributed by atoms with Crippen LogP contribution in [-0.2, 0) is 11.5 Å². The summed E-state index contributed by atoms with van der Waals surface area (Å²) in [5.74, 6) is 0.642. The summed E-state index contributed by atoms with van der Waals surface area (Å²) in [4.78, 5) is 18.1. The van der Waals surface area contributed by atoms with Crippen LogP contribution in [0.2, 0.25) is 0 Å². The standard InChI is InChI=1S/C14H20N6OS/c1-9-6-10(2)20-13(15-9)17-19(14(20)22)8-18(3)7-12(21)16-11-4-5-11/h6,11H,4-5,7-8H2,1-3H3,(H,16,21). The second-order valence-corrected chi connectivity index (χ2v) is 6.32. The lowest BCUT2D eigenvalue weighted by molar-refractivity contribution is -0.122. The largest absolute Gasteiger partial charge is 0.352 e. The van der Waals surface area contributed by atoms with Crippen LogP contribution in [-0.4, -0.2) is 49.6 Å². The Balaban J connectivity index is 1.75. The van der Waals surface area contributed by atoms with Gasteiger partial charge in [0.05, 0.1) is 13.2 Å². The third kappa shape index (κ3) is 3.17. The maximum Gasteiger partial charge on any atom is 0.254 e. The van der Waals surface area contributed by atoms with Crippen LogP contribution in [0.4, 0.5) is 0 Å². The van der Waals surface area contributed by atoms with Crippen LogP contribution in [0.25, 0.3) is 5.78 Å². The first-order valence-electron chi connectivity index (χ1n) is 7.36. The maximum absolute atomic E-state index is 11.8. The normalized spacial score (nSPS) is 14.7. The topological polar surface area (TPSA) is 67.5 Å². The molecule has 0 bridgehead atoms. The van der Waals surface area contributed by atoms with E-state index in [-0.39, 0.29) is 5.91 Å². The molecule has 1 saturated carbocycles. The number of likely N-dealkylation sites (N-methyl/N-ethyl adjacent to an activating group) is 1. The number of nitrogens with one attached hydrogen (secondary N) is 1. The molecule has 1 aliphatic rings. The van der Waals surface area contributed by atoms with Crippen LogP contribution < -0.4 is 5.32 Å². The van der Waals surface area contributed by atoms with E-state index in [1.54, 1.807) is 4.68 Å². The van der Waals surface area contributed by atoms with Gasteiger partial charge in [-0.25, -0.2) is 9.67 Å². The molecule has 2 aromatic rings.